The zero-order valence-electron chi connectivity index (χ0n) is 14.1. The quantitative estimate of drug-likeness (QED) is 0.224. The van der Waals surface area contributed by atoms with Crippen LogP contribution in [0, 0.1) is 10.1 Å². The summed E-state index contributed by atoms with van der Waals surface area (Å²) in [5.41, 5.74) is 0.621. The molecule has 0 radical (unpaired) electrons. The van der Waals surface area contributed by atoms with Crippen LogP contribution < -0.4 is 0 Å². The SMILES string of the molecule is COCCSC1=CC2CC(=O)N2[C@H]1C(=O)OCc1ccc([N+](=O)[O-])cc1. The predicted octanol–water partition coefficient (Wildman–Crippen LogP) is 1.88. The third kappa shape index (κ3) is 3.73. The zero-order chi connectivity index (χ0) is 18.7. The summed E-state index contributed by atoms with van der Waals surface area (Å²) in [7, 11) is 1.61. The van der Waals surface area contributed by atoms with Gasteiger partial charge >= 0.3 is 5.97 Å². The highest BCUT2D eigenvalue weighted by atomic mass is 32.2. The Balaban J connectivity index is 1.62. The third-order valence-corrected chi connectivity index (χ3v) is 5.30. The van der Waals surface area contributed by atoms with E-state index in [0.717, 1.165) is 4.91 Å². The van der Waals surface area contributed by atoms with Crippen molar-refractivity contribution in [3.8, 4) is 0 Å². The number of β-lactam (4-membered cyclic amide) rings is 1. The van der Waals surface area contributed by atoms with Crippen molar-refractivity contribution in [2.45, 2.75) is 25.1 Å². The van der Waals surface area contributed by atoms with Gasteiger partial charge in [-0.15, -0.1) is 11.8 Å². The van der Waals surface area contributed by atoms with Gasteiger partial charge in [0.15, 0.2) is 6.04 Å². The van der Waals surface area contributed by atoms with Crippen LogP contribution in [0.25, 0.3) is 0 Å². The molecule has 2 heterocycles. The lowest BCUT2D eigenvalue weighted by atomic mass is 10.0. The van der Waals surface area contributed by atoms with Crippen LogP contribution in [0.15, 0.2) is 35.2 Å². The van der Waals surface area contributed by atoms with Crippen LogP contribution in [0.2, 0.25) is 0 Å². The first-order chi connectivity index (χ1) is 12.5. The first-order valence-corrected chi connectivity index (χ1v) is 9.04. The topological polar surface area (TPSA) is 99.0 Å². The number of carbonyl (C=O) groups excluding carboxylic acids is 2. The van der Waals surface area contributed by atoms with E-state index in [-0.39, 0.29) is 24.2 Å². The molecule has 2 aliphatic heterocycles. The second kappa shape index (κ2) is 7.88. The summed E-state index contributed by atoms with van der Waals surface area (Å²) < 4.78 is 10.4. The fourth-order valence-corrected chi connectivity index (χ4v) is 4.00. The minimum Gasteiger partial charge on any atom is -0.459 e. The molecule has 1 aromatic rings. The van der Waals surface area contributed by atoms with Gasteiger partial charge in [-0.1, -0.05) is 0 Å². The van der Waals surface area contributed by atoms with Gasteiger partial charge in [-0.2, -0.15) is 0 Å². The molecule has 26 heavy (non-hydrogen) atoms. The predicted molar refractivity (Wildman–Crippen MR) is 94.3 cm³/mol. The van der Waals surface area contributed by atoms with E-state index in [2.05, 4.69) is 0 Å². The summed E-state index contributed by atoms with van der Waals surface area (Å²) in [6.45, 7) is 0.543. The average Bonchev–Trinajstić information content (AvgIpc) is 2.92. The summed E-state index contributed by atoms with van der Waals surface area (Å²) in [4.78, 5) is 37.0. The molecule has 0 N–H and O–H groups in total. The molecule has 1 amide bonds. The summed E-state index contributed by atoms with van der Waals surface area (Å²) >= 11 is 1.49. The van der Waals surface area contributed by atoms with Crippen molar-refractivity contribution in [3.63, 3.8) is 0 Å². The van der Waals surface area contributed by atoms with Gasteiger partial charge in [-0.25, -0.2) is 4.79 Å². The lowest BCUT2D eigenvalue weighted by molar-refractivity contribution is -0.384. The second-order valence-corrected chi connectivity index (χ2v) is 7.08. The third-order valence-electron chi connectivity index (χ3n) is 4.24. The van der Waals surface area contributed by atoms with Gasteiger partial charge in [-0.05, 0) is 23.8 Å². The van der Waals surface area contributed by atoms with E-state index in [1.54, 1.807) is 24.1 Å². The minimum absolute atomic E-state index is 0.00393. The fourth-order valence-electron chi connectivity index (χ4n) is 2.89. The lowest BCUT2D eigenvalue weighted by Gasteiger charge is -2.38. The van der Waals surface area contributed by atoms with Gasteiger partial charge in [-0.3, -0.25) is 14.9 Å². The first kappa shape index (κ1) is 18.4. The first-order valence-electron chi connectivity index (χ1n) is 8.06. The Morgan fingerprint density at radius 2 is 2.12 bits per heavy atom. The van der Waals surface area contributed by atoms with Crippen molar-refractivity contribution in [2.24, 2.45) is 0 Å². The van der Waals surface area contributed by atoms with Gasteiger partial charge in [0.1, 0.15) is 6.61 Å². The smallest absolute Gasteiger partial charge is 0.334 e. The molecule has 1 aromatic carbocycles. The van der Waals surface area contributed by atoms with Gasteiger partial charge in [0.05, 0.1) is 24.0 Å². The number of nitrogens with zero attached hydrogens (tertiary/aromatic N) is 2. The van der Waals surface area contributed by atoms with E-state index in [9.17, 15) is 19.7 Å². The van der Waals surface area contributed by atoms with Crippen molar-refractivity contribution in [1.29, 1.82) is 0 Å². The van der Waals surface area contributed by atoms with Crippen LogP contribution >= 0.6 is 11.8 Å². The number of hydrogen-bond donors (Lipinski definition) is 0. The van der Waals surface area contributed by atoms with Gasteiger partial charge in [0.2, 0.25) is 5.91 Å². The Kier molecular flexibility index (Phi) is 5.58. The number of fused-ring (bicyclic) bond motifs is 1. The molecule has 138 valence electrons. The Bertz CT molecular complexity index is 748. The summed E-state index contributed by atoms with van der Waals surface area (Å²) in [5.74, 6) is 0.129. The molecule has 2 aliphatic rings. The molecule has 9 heteroatoms. The highest BCUT2D eigenvalue weighted by Crippen LogP contribution is 2.39. The van der Waals surface area contributed by atoms with E-state index < -0.39 is 16.9 Å². The summed E-state index contributed by atoms with van der Waals surface area (Å²) in [5, 5.41) is 10.7. The highest BCUT2D eigenvalue weighted by Gasteiger charge is 2.49. The molecule has 0 bridgehead atoms. The van der Waals surface area contributed by atoms with E-state index in [4.69, 9.17) is 9.47 Å². The van der Waals surface area contributed by atoms with Crippen molar-refractivity contribution in [1.82, 2.24) is 4.90 Å². The Labute approximate surface area is 154 Å². The number of thioether (sulfide) groups is 1. The van der Waals surface area contributed by atoms with Crippen molar-refractivity contribution >= 4 is 29.3 Å². The number of rotatable bonds is 8. The molecular weight excluding hydrogens is 360 g/mol. The summed E-state index contributed by atoms with van der Waals surface area (Å²) in [6, 6.07) is 5.06. The molecule has 3 rings (SSSR count). The maximum Gasteiger partial charge on any atom is 0.334 e. The number of nitro benzene ring substituents is 1. The number of methoxy groups -OCH3 is 1. The fraction of sp³-hybridized carbons (Fsp3) is 0.412. The van der Waals surface area contributed by atoms with Crippen LogP contribution in [0.4, 0.5) is 5.69 Å². The van der Waals surface area contributed by atoms with Crippen LogP contribution in [-0.4, -0.2) is 53.3 Å². The maximum atomic E-state index is 12.6. The lowest BCUT2D eigenvalue weighted by Crippen LogP contribution is -2.55. The van der Waals surface area contributed by atoms with E-state index in [1.165, 1.54) is 23.9 Å². The number of benzene rings is 1. The largest absolute Gasteiger partial charge is 0.459 e. The zero-order valence-corrected chi connectivity index (χ0v) is 14.9. The number of non-ortho nitro benzene ring substituents is 1. The molecule has 0 saturated carbocycles. The average molecular weight is 378 g/mol. The maximum absolute atomic E-state index is 12.6. The molecule has 0 aliphatic carbocycles. The van der Waals surface area contributed by atoms with E-state index in [0.29, 0.717) is 24.3 Å². The van der Waals surface area contributed by atoms with Crippen LogP contribution in [0.1, 0.15) is 12.0 Å². The van der Waals surface area contributed by atoms with E-state index >= 15 is 0 Å². The Morgan fingerprint density at radius 1 is 1.38 bits per heavy atom. The number of nitro groups is 1. The molecule has 1 unspecified atom stereocenters. The molecule has 1 fully saturated rings. The number of hydrogen-bond acceptors (Lipinski definition) is 7. The van der Waals surface area contributed by atoms with Gasteiger partial charge in [0, 0.05) is 29.9 Å². The van der Waals surface area contributed by atoms with Crippen LogP contribution in [-0.2, 0) is 25.7 Å². The number of ether oxygens (including phenoxy) is 2. The van der Waals surface area contributed by atoms with E-state index in [1.807, 2.05) is 6.08 Å². The van der Waals surface area contributed by atoms with Gasteiger partial charge in [0.25, 0.3) is 5.69 Å². The molecular formula is C17H18N2O6S. The molecule has 8 nitrogen and oxygen atoms in total. The standard InChI is InChI=1S/C17H18N2O6S/c1-24-6-7-26-14-8-13-9-15(20)18(13)16(14)17(21)25-10-11-2-4-12(5-3-11)19(22)23/h2-5,8,13,16H,6-7,9-10H2,1H3/t13?,16-/m1/s1. The summed E-state index contributed by atoms with van der Waals surface area (Å²) in [6.07, 6.45) is 2.36. The number of esters is 1. The van der Waals surface area contributed by atoms with Crippen LogP contribution in [0.5, 0.6) is 0 Å². The molecule has 0 aromatic heterocycles. The number of amides is 1. The van der Waals surface area contributed by atoms with Crippen molar-refractivity contribution in [3.05, 3.63) is 50.9 Å². The normalized spacial score (nSPS) is 21.0. The van der Waals surface area contributed by atoms with Gasteiger partial charge < -0.3 is 14.4 Å². The molecule has 0 spiro atoms. The van der Waals surface area contributed by atoms with Crippen molar-refractivity contribution in [2.75, 3.05) is 19.5 Å². The molecule has 1 saturated heterocycles. The second-order valence-electron chi connectivity index (χ2n) is 5.92. The Morgan fingerprint density at radius 3 is 2.73 bits per heavy atom. The highest BCUT2D eigenvalue weighted by molar-refractivity contribution is 8.03. The Hall–Kier alpha value is -2.39. The van der Waals surface area contributed by atoms with Crippen LogP contribution in [0.3, 0.4) is 0 Å². The molecule has 2 atom stereocenters. The monoisotopic (exact) mass is 378 g/mol. The van der Waals surface area contributed by atoms with Crippen molar-refractivity contribution < 1.29 is 24.0 Å². The minimum atomic E-state index is -0.707. The number of carbonyl (C=O) groups is 2.